The van der Waals surface area contributed by atoms with Crippen LogP contribution in [0.1, 0.15) is 33.1 Å². The quantitative estimate of drug-likeness (QED) is 0.771. The molecule has 1 aromatic carbocycles. The van der Waals surface area contributed by atoms with Gasteiger partial charge < -0.3 is 9.64 Å². The molecule has 2 atom stereocenters. The predicted octanol–water partition coefficient (Wildman–Crippen LogP) is 3.35. The summed E-state index contributed by atoms with van der Waals surface area (Å²) >= 11 is 0. The van der Waals surface area contributed by atoms with Crippen LogP contribution in [0.5, 0.6) is 5.75 Å². The smallest absolute Gasteiger partial charge is 0.222 e. The third-order valence-electron chi connectivity index (χ3n) is 3.77. The van der Waals surface area contributed by atoms with Crippen molar-refractivity contribution >= 4 is 5.91 Å². The van der Waals surface area contributed by atoms with E-state index >= 15 is 0 Å². The third kappa shape index (κ3) is 4.55. The Hall–Kier alpha value is -1.51. The molecule has 1 aromatic rings. The number of hydrogen-bond donors (Lipinski definition) is 0. The molecule has 0 saturated carbocycles. The maximum Gasteiger partial charge on any atom is 0.222 e. The summed E-state index contributed by atoms with van der Waals surface area (Å²) in [6.07, 6.45) is 2.61. The maximum absolute atomic E-state index is 12.2. The van der Waals surface area contributed by atoms with Crippen LogP contribution in [0.4, 0.5) is 0 Å². The number of piperidine rings is 1. The minimum Gasteiger partial charge on any atom is -0.494 e. The van der Waals surface area contributed by atoms with Crippen molar-refractivity contribution in [2.75, 3.05) is 19.7 Å². The Morgan fingerprint density at radius 2 is 1.85 bits per heavy atom. The van der Waals surface area contributed by atoms with Crippen LogP contribution in [0.2, 0.25) is 0 Å². The first-order chi connectivity index (χ1) is 9.65. The molecular weight excluding hydrogens is 250 g/mol. The number of ether oxygens (including phenoxy) is 1. The average Bonchev–Trinajstić information content (AvgIpc) is 2.43. The molecule has 0 radical (unpaired) electrons. The van der Waals surface area contributed by atoms with Gasteiger partial charge in [-0.1, -0.05) is 32.0 Å². The summed E-state index contributed by atoms with van der Waals surface area (Å²) in [6, 6.07) is 9.76. The van der Waals surface area contributed by atoms with Crippen molar-refractivity contribution in [1.82, 2.24) is 4.90 Å². The first kappa shape index (κ1) is 14.9. The SMILES string of the molecule is CC1CC(C)CN(C(=O)CCCOc2ccccc2)C1. The molecule has 0 bridgehead atoms. The van der Waals surface area contributed by atoms with Gasteiger partial charge in [0.05, 0.1) is 6.61 Å². The maximum atomic E-state index is 12.2. The van der Waals surface area contributed by atoms with E-state index in [1.165, 1.54) is 6.42 Å². The van der Waals surface area contributed by atoms with Crippen LogP contribution in [-0.4, -0.2) is 30.5 Å². The van der Waals surface area contributed by atoms with Crippen LogP contribution < -0.4 is 4.74 Å². The second-order valence-electron chi connectivity index (χ2n) is 6.01. The topological polar surface area (TPSA) is 29.5 Å². The molecule has 1 fully saturated rings. The Balaban J connectivity index is 1.67. The molecule has 1 heterocycles. The van der Waals surface area contributed by atoms with Gasteiger partial charge in [-0.3, -0.25) is 4.79 Å². The van der Waals surface area contributed by atoms with Crippen LogP contribution in [0.15, 0.2) is 30.3 Å². The van der Waals surface area contributed by atoms with Gasteiger partial charge in [0.1, 0.15) is 5.75 Å². The summed E-state index contributed by atoms with van der Waals surface area (Å²) in [7, 11) is 0. The zero-order valence-corrected chi connectivity index (χ0v) is 12.5. The van der Waals surface area contributed by atoms with Gasteiger partial charge in [-0.2, -0.15) is 0 Å². The third-order valence-corrected chi connectivity index (χ3v) is 3.77. The lowest BCUT2D eigenvalue weighted by molar-refractivity contribution is -0.134. The minimum absolute atomic E-state index is 0.278. The lowest BCUT2D eigenvalue weighted by atomic mass is 9.91. The fourth-order valence-corrected chi connectivity index (χ4v) is 2.95. The van der Waals surface area contributed by atoms with Crippen molar-refractivity contribution < 1.29 is 9.53 Å². The van der Waals surface area contributed by atoms with Crippen molar-refractivity contribution in [1.29, 1.82) is 0 Å². The van der Waals surface area contributed by atoms with Crippen LogP contribution in [0.3, 0.4) is 0 Å². The summed E-state index contributed by atoms with van der Waals surface area (Å²) < 4.78 is 5.62. The fraction of sp³-hybridized carbons (Fsp3) is 0.588. The number of carbonyl (C=O) groups is 1. The molecule has 0 spiro atoms. The highest BCUT2D eigenvalue weighted by molar-refractivity contribution is 5.76. The molecule has 110 valence electrons. The molecule has 0 aliphatic carbocycles. The summed E-state index contributed by atoms with van der Waals surface area (Å²) in [5, 5.41) is 0. The lowest BCUT2D eigenvalue weighted by Crippen LogP contribution is -2.42. The molecule has 1 aliphatic rings. The first-order valence-electron chi connectivity index (χ1n) is 7.60. The monoisotopic (exact) mass is 275 g/mol. The van der Waals surface area contributed by atoms with Crippen molar-refractivity contribution in [3.05, 3.63) is 30.3 Å². The molecule has 1 amide bonds. The fourth-order valence-electron chi connectivity index (χ4n) is 2.95. The standard InChI is InChI=1S/C17H25NO2/c1-14-11-15(2)13-18(12-14)17(19)9-6-10-20-16-7-4-3-5-8-16/h3-5,7-8,14-15H,6,9-13H2,1-2H3. The minimum atomic E-state index is 0.278. The van der Waals surface area contributed by atoms with Crippen molar-refractivity contribution in [3.63, 3.8) is 0 Å². The zero-order chi connectivity index (χ0) is 14.4. The summed E-state index contributed by atoms with van der Waals surface area (Å²) in [4.78, 5) is 14.2. The Morgan fingerprint density at radius 1 is 1.20 bits per heavy atom. The highest BCUT2D eigenvalue weighted by Crippen LogP contribution is 2.21. The molecule has 0 N–H and O–H groups in total. The lowest BCUT2D eigenvalue weighted by Gasteiger charge is -2.35. The molecular formula is C17H25NO2. The van der Waals surface area contributed by atoms with Gasteiger partial charge in [0.25, 0.3) is 0 Å². The molecule has 0 aromatic heterocycles. The van der Waals surface area contributed by atoms with Crippen molar-refractivity contribution in [2.45, 2.75) is 33.1 Å². The molecule has 3 heteroatoms. The van der Waals surface area contributed by atoms with Gasteiger partial charge in [0, 0.05) is 19.5 Å². The largest absolute Gasteiger partial charge is 0.494 e. The first-order valence-corrected chi connectivity index (χ1v) is 7.60. The van der Waals surface area contributed by atoms with Crippen LogP contribution >= 0.6 is 0 Å². The van der Waals surface area contributed by atoms with E-state index in [4.69, 9.17) is 4.74 Å². The molecule has 1 saturated heterocycles. The molecule has 1 aliphatic heterocycles. The number of nitrogens with zero attached hydrogens (tertiary/aromatic N) is 1. The number of likely N-dealkylation sites (tertiary alicyclic amines) is 1. The number of amides is 1. The second-order valence-corrected chi connectivity index (χ2v) is 6.01. The Kier molecular flexibility index (Phi) is 5.45. The number of benzene rings is 1. The summed E-state index contributed by atoms with van der Waals surface area (Å²) in [6.45, 7) is 6.91. The second kappa shape index (κ2) is 7.32. The Morgan fingerprint density at radius 3 is 2.50 bits per heavy atom. The highest BCUT2D eigenvalue weighted by Gasteiger charge is 2.24. The van der Waals surface area contributed by atoms with Crippen molar-refractivity contribution in [2.24, 2.45) is 11.8 Å². The van der Waals surface area contributed by atoms with Crippen LogP contribution in [0, 0.1) is 11.8 Å². The number of carbonyl (C=O) groups excluding carboxylic acids is 1. The summed E-state index contributed by atoms with van der Waals surface area (Å²) in [5.74, 6) is 2.41. The highest BCUT2D eigenvalue weighted by atomic mass is 16.5. The van der Waals surface area contributed by atoms with E-state index in [-0.39, 0.29) is 5.91 Å². The van der Waals surface area contributed by atoms with E-state index in [9.17, 15) is 4.79 Å². The molecule has 20 heavy (non-hydrogen) atoms. The van der Waals surface area contributed by atoms with Gasteiger partial charge in [0.15, 0.2) is 0 Å². The van der Waals surface area contributed by atoms with Crippen LogP contribution in [-0.2, 0) is 4.79 Å². The normalized spacial score (nSPS) is 22.6. The van der Waals surface area contributed by atoms with Gasteiger partial charge in [-0.05, 0) is 36.8 Å². The van der Waals surface area contributed by atoms with E-state index in [0.717, 1.165) is 25.3 Å². The number of para-hydroxylation sites is 1. The molecule has 3 nitrogen and oxygen atoms in total. The molecule has 2 unspecified atom stereocenters. The average molecular weight is 275 g/mol. The van der Waals surface area contributed by atoms with E-state index in [1.807, 2.05) is 35.2 Å². The van der Waals surface area contributed by atoms with E-state index in [1.54, 1.807) is 0 Å². The van der Waals surface area contributed by atoms with E-state index in [0.29, 0.717) is 24.9 Å². The van der Waals surface area contributed by atoms with Crippen LogP contribution in [0.25, 0.3) is 0 Å². The number of hydrogen-bond acceptors (Lipinski definition) is 2. The number of rotatable bonds is 5. The zero-order valence-electron chi connectivity index (χ0n) is 12.5. The Labute approximate surface area is 121 Å². The van der Waals surface area contributed by atoms with Gasteiger partial charge in [-0.25, -0.2) is 0 Å². The Bertz CT molecular complexity index is 408. The van der Waals surface area contributed by atoms with E-state index in [2.05, 4.69) is 13.8 Å². The summed E-state index contributed by atoms with van der Waals surface area (Å²) in [5.41, 5.74) is 0. The van der Waals surface area contributed by atoms with Gasteiger partial charge >= 0.3 is 0 Å². The van der Waals surface area contributed by atoms with Gasteiger partial charge in [-0.15, -0.1) is 0 Å². The molecule has 2 rings (SSSR count). The van der Waals surface area contributed by atoms with E-state index < -0.39 is 0 Å². The predicted molar refractivity (Wildman–Crippen MR) is 80.7 cm³/mol. The van der Waals surface area contributed by atoms with Crippen molar-refractivity contribution in [3.8, 4) is 5.75 Å². The van der Waals surface area contributed by atoms with Gasteiger partial charge in [0.2, 0.25) is 5.91 Å².